The Kier molecular flexibility index (Phi) is 10.9. The molecule has 5 aromatic carbocycles. The van der Waals surface area contributed by atoms with Crippen LogP contribution >= 0.6 is 0 Å². The maximum atomic E-state index is 10.5. The summed E-state index contributed by atoms with van der Waals surface area (Å²) < 4.78 is 49.4. The number of hydrogen-bond acceptors (Lipinski definition) is 4. The van der Waals surface area contributed by atoms with Crippen molar-refractivity contribution in [1.29, 1.82) is 5.26 Å². The monoisotopic (exact) mass is 1040 g/mol. The van der Waals surface area contributed by atoms with Gasteiger partial charge >= 0.3 is 0 Å². The molecule has 333 valence electrons. The van der Waals surface area contributed by atoms with E-state index < -0.39 is 18.6 Å². The van der Waals surface area contributed by atoms with Gasteiger partial charge in [-0.05, 0) is 103 Å². The van der Waals surface area contributed by atoms with E-state index in [0.717, 1.165) is 27.6 Å². The molecule has 1 aliphatic carbocycles. The molecule has 65 heavy (non-hydrogen) atoms. The molecule has 0 bridgehead atoms. The zero-order valence-electron chi connectivity index (χ0n) is 44.6. The molecule has 0 fully saturated rings. The second kappa shape index (κ2) is 17.3. The molecule has 4 nitrogen and oxygen atoms in total. The van der Waals surface area contributed by atoms with Crippen LogP contribution in [0.25, 0.3) is 66.7 Å². The minimum absolute atomic E-state index is 0. The van der Waals surface area contributed by atoms with Crippen LogP contribution in [0.5, 0.6) is 0 Å². The Bertz CT molecular complexity index is 3290. The van der Waals surface area contributed by atoms with Gasteiger partial charge in [-0.1, -0.05) is 160 Å². The van der Waals surface area contributed by atoms with E-state index in [1.807, 2.05) is 48.7 Å². The van der Waals surface area contributed by atoms with E-state index in [0.29, 0.717) is 33.6 Å². The third-order valence-electron chi connectivity index (χ3n) is 14.0. The predicted molar refractivity (Wildman–Crippen MR) is 266 cm³/mol. The van der Waals surface area contributed by atoms with Gasteiger partial charge in [0, 0.05) is 50.3 Å². The third-order valence-corrected chi connectivity index (χ3v) is 14.0. The van der Waals surface area contributed by atoms with Crippen LogP contribution in [-0.2, 0) is 42.7 Å². The van der Waals surface area contributed by atoms with Crippen LogP contribution in [-0.4, -0.2) is 9.97 Å². The fourth-order valence-corrected chi connectivity index (χ4v) is 9.19. The summed E-state index contributed by atoms with van der Waals surface area (Å²) in [6.45, 7) is 23.3. The summed E-state index contributed by atoms with van der Waals surface area (Å²) >= 11 is 0. The molecular weight excluding hydrogens is 971 g/mol. The van der Waals surface area contributed by atoms with Crippen molar-refractivity contribution in [2.45, 2.75) is 113 Å². The van der Waals surface area contributed by atoms with Crippen molar-refractivity contribution in [2.75, 3.05) is 0 Å². The van der Waals surface area contributed by atoms with Crippen LogP contribution in [0.1, 0.15) is 123 Å². The molecule has 0 saturated carbocycles. The minimum atomic E-state index is -2.56. The maximum absolute atomic E-state index is 10.5. The van der Waals surface area contributed by atoms with Crippen LogP contribution in [0.15, 0.2) is 126 Å². The van der Waals surface area contributed by atoms with Crippen molar-refractivity contribution in [3.63, 3.8) is 0 Å². The average molecular weight is 1040 g/mol. The molecular formula is C60H61IrN3O-2. The summed E-state index contributed by atoms with van der Waals surface area (Å²) in [6.07, 6.45) is 1.22. The number of hydrogen-bond donors (Lipinski definition) is 0. The van der Waals surface area contributed by atoms with Gasteiger partial charge in [-0.25, -0.2) is 0 Å². The molecule has 0 N–H and O–H groups in total. The summed E-state index contributed by atoms with van der Waals surface area (Å²) in [5.41, 5.74) is 10.7. The van der Waals surface area contributed by atoms with Crippen LogP contribution in [0.3, 0.4) is 0 Å². The smallest absolute Gasteiger partial charge is 0.130 e. The van der Waals surface area contributed by atoms with E-state index in [4.69, 9.17) is 11.3 Å². The Morgan fingerprint density at radius 2 is 1.40 bits per heavy atom. The van der Waals surface area contributed by atoms with Gasteiger partial charge in [-0.3, -0.25) is 0 Å². The number of nitrogens with zero attached hydrogens (tertiary/aromatic N) is 3. The molecule has 0 saturated heterocycles. The molecule has 0 unspecified atom stereocenters. The summed E-state index contributed by atoms with van der Waals surface area (Å²) in [4.78, 5) is 9.04. The number of rotatable bonds is 4. The molecule has 8 aromatic rings. The first-order chi connectivity index (χ1) is 32.1. The molecule has 1 radical (unpaired) electrons. The Morgan fingerprint density at radius 3 is 2.06 bits per heavy atom. The van der Waals surface area contributed by atoms with Gasteiger partial charge in [-0.2, -0.15) is 5.26 Å². The van der Waals surface area contributed by atoms with Crippen molar-refractivity contribution < 1.29 is 31.4 Å². The van der Waals surface area contributed by atoms with Crippen molar-refractivity contribution >= 4 is 21.9 Å². The summed E-state index contributed by atoms with van der Waals surface area (Å²) in [6, 6.07) is 45.1. The minimum Gasteiger partial charge on any atom is -0.500 e. The predicted octanol–water partition coefficient (Wildman–Crippen LogP) is 16.0. The Balaban J connectivity index is 0.000000360. The topological polar surface area (TPSA) is 62.7 Å². The van der Waals surface area contributed by atoms with E-state index >= 15 is 0 Å². The summed E-state index contributed by atoms with van der Waals surface area (Å²) in [5.74, 6) is 0. The van der Waals surface area contributed by atoms with Crippen molar-refractivity contribution in [2.24, 2.45) is 10.8 Å². The number of nitriles is 1. The zero-order valence-corrected chi connectivity index (χ0v) is 42.0. The first kappa shape index (κ1) is 40.8. The fraction of sp³-hybridized carbons (Fsp3) is 0.317. The van der Waals surface area contributed by atoms with Gasteiger partial charge in [0.15, 0.2) is 0 Å². The Hall–Kier alpha value is -5.66. The molecule has 5 heteroatoms. The Morgan fingerprint density at radius 1 is 0.708 bits per heavy atom. The molecule has 9 rings (SSSR count). The summed E-state index contributed by atoms with van der Waals surface area (Å²) in [7, 11) is 0. The average Bonchev–Trinajstić information content (AvgIpc) is 3.68. The molecule has 0 amide bonds. The largest absolute Gasteiger partial charge is 0.500 e. The van der Waals surface area contributed by atoms with E-state index in [1.165, 1.54) is 40.1 Å². The van der Waals surface area contributed by atoms with Gasteiger partial charge in [0.25, 0.3) is 0 Å². The van der Waals surface area contributed by atoms with Gasteiger partial charge in [0.2, 0.25) is 0 Å². The molecule has 3 aromatic heterocycles. The number of aryl methyl sites for hydroxylation is 1. The van der Waals surface area contributed by atoms with Crippen molar-refractivity contribution in [1.82, 2.24) is 9.97 Å². The van der Waals surface area contributed by atoms with Gasteiger partial charge in [0.1, 0.15) is 5.58 Å². The van der Waals surface area contributed by atoms with Gasteiger partial charge in [-0.15, -0.1) is 54.1 Å². The molecule has 0 spiro atoms. The van der Waals surface area contributed by atoms with Crippen LogP contribution in [0.2, 0.25) is 0 Å². The number of pyridine rings is 2. The normalized spacial score (nSPS) is 16.4. The number of furan rings is 1. The maximum Gasteiger partial charge on any atom is 0.130 e. The standard InChI is InChI=1S/C45H45N2O.C15H16N.Ir/c1-27-26-47-38(23-30(27)24-42(2,3)4)35-16-13-15-33-34-21-19-29(25-46)39(41(34)48-40(33)35)28-18-20-32-31-14-11-12-17-36(31)43(5,6)45(9,10)44(7,8)37(32)22-28;1-15(2,3)13-9-10-14(16-11-13)12-7-5-4-6-8-12;/h11-15,17-23,26H,24H2,1-10H3;4-7,9-11H,1-3H3;/q2*-1;/i1D3,24D2;;. The van der Waals surface area contributed by atoms with Crippen LogP contribution in [0.4, 0.5) is 0 Å². The molecule has 0 aliphatic heterocycles. The van der Waals surface area contributed by atoms with Gasteiger partial charge in [0.05, 0.1) is 17.2 Å². The van der Waals surface area contributed by atoms with E-state index in [-0.39, 0.29) is 52.9 Å². The summed E-state index contributed by atoms with van der Waals surface area (Å²) in [5, 5.41) is 12.1. The first-order valence-corrected chi connectivity index (χ1v) is 22.1. The van der Waals surface area contributed by atoms with E-state index in [2.05, 4.69) is 145 Å². The first-order valence-electron chi connectivity index (χ1n) is 24.6. The number of benzene rings is 5. The van der Waals surface area contributed by atoms with Crippen molar-refractivity contribution in [3.05, 3.63) is 167 Å². The molecule has 0 atom stereocenters. The van der Waals surface area contributed by atoms with E-state index in [1.54, 1.807) is 26.8 Å². The second-order valence-corrected chi connectivity index (χ2v) is 20.8. The van der Waals surface area contributed by atoms with Crippen LogP contribution in [0, 0.1) is 41.1 Å². The zero-order chi connectivity index (χ0) is 50.3. The quantitative estimate of drug-likeness (QED) is 0.165. The van der Waals surface area contributed by atoms with Crippen molar-refractivity contribution in [3.8, 4) is 50.8 Å². The fourth-order valence-electron chi connectivity index (χ4n) is 9.19. The molecule has 3 heterocycles. The van der Waals surface area contributed by atoms with Crippen LogP contribution < -0.4 is 0 Å². The third kappa shape index (κ3) is 8.53. The second-order valence-electron chi connectivity index (χ2n) is 20.8. The van der Waals surface area contributed by atoms with E-state index in [9.17, 15) is 5.26 Å². The van der Waals surface area contributed by atoms with Gasteiger partial charge < -0.3 is 14.4 Å². The SMILES string of the molecule is CC(C)(C)c1ccc(-c2[c-]cccc2)nc1.[2H]C([2H])([2H])c1cnc(-c2[c-]ccc3c2oc2c(-c4ccc5c(c4)C(C)(C)C(C)(C)C(C)(C)c4ccccc4-5)c(C#N)ccc23)cc1C([2H])([2H])C(C)(C)C.[Ir]. The number of fused-ring (bicyclic) bond motifs is 6. The molecule has 1 aliphatic rings. The Labute approximate surface area is 408 Å². The number of aromatic nitrogens is 2.